The maximum atomic E-state index is 2.75. The fourth-order valence-corrected chi connectivity index (χ4v) is 17.8. The van der Waals surface area contributed by atoms with Crippen molar-refractivity contribution in [1.82, 2.24) is 9.13 Å². The highest BCUT2D eigenvalue weighted by atomic mass is 15.2. The summed E-state index contributed by atoms with van der Waals surface area (Å²) in [4.78, 5) is 5.49. The molecule has 0 aliphatic carbocycles. The van der Waals surface area contributed by atoms with Crippen LogP contribution in [-0.2, 0) is 21.7 Å². The van der Waals surface area contributed by atoms with E-state index in [1.807, 2.05) is 0 Å². The molecule has 0 radical (unpaired) electrons. The number of aromatic nitrogens is 2. The predicted molar refractivity (Wildman–Crippen MR) is 477 cm³/mol. The molecule has 0 bridgehead atoms. The molecule has 2 aliphatic rings. The van der Waals surface area contributed by atoms with Gasteiger partial charge >= 0.3 is 0 Å². The van der Waals surface area contributed by atoms with E-state index in [2.05, 4.69) is 436 Å². The van der Waals surface area contributed by atoms with Crippen LogP contribution < -0.4 is 26.2 Å². The van der Waals surface area contributed by atoms with Crippen molar-refractivity contribution in [3.05, 3.63) is 356 Å². The van der Waals surface area contributed by atoms with Crippen molar-refractivity contribution in [2.75, 3.05) is 9.80 Å². The van der Waals surface area contributed by atoms with Gasteiger partial charge in [-0.2, -0.15) is 0 Å². The molecule has 4 heterocycles. The van der Waals surface area contributed by atoms with E-state index in [0.717, 1.165) is 107 Å². The van der Waals surface area contributed by atoms with E-state index in [0.29, 0.717) is 0 Å². The Morgan fingerprint density at radius 3 is 0.928 bits per heavy atom. The standard InChI is InChI=1S/C106H91BN4/c1-103(2,3)76-56-74(57-77(61-76)104(4,5)6)75-59-98-100-99(60-75)111(102-87(71-40-24-16-25-41-71)64-79(106(10,11)12)65-88(102)72-42-26-17-27-43-72)97-67-81(109-94-49-33-30-46-84(94)89-66-80(52-55-95(89)109)108-92-47-31-28-44-82(92)83-45-29-32-48-93(83)108)51-54-91(97)107(100)90-53-50-73(68-34-18-13-19-35-68)58-96(90)110(98)101-85(69-36-20-14-21-37-69)62-78(105(7,8)9)63-86(101)70-38-22-15-23-39-70/h13-67H,1-12H3. The summed E-state index contributed by atoms with van der Waals surface area (Å²) in [6.07, 6.45) is 0. The van der Waals surface area contributed by atoms with E-state index in [1.54, 1.807) is 0 Å². The molecule has 0 saturated heterocycles. The van der Waals surface area contributed by atoms with Crippen LogP contribution in [0.3, 0.4) is 0 Å². The average molecular weight is 1430 g/mol. The third-order valence-corrected chi connectivity index (χ3v) is 23.7. The van der Waals surface area contributed by atoms with Gasteiger partial charge in [-0.25, -0.2) is 0 Å². The molecule has 0 fully saturated rings. The Kier molecular flexibility index (Phi) is 16.3. The highest BCUT2D eigenvalue weighted by molar-refractivity contribution is 7.00. The van der Waals surface area contributed by atoms with E-state index >= 15 is 0 Å². The van der Waals surface area contributed by atoms with Gasteiger partial charge in [0, 0.05) is 77.9 Å². The minimum Gasteiger partial charge on any atom is -0.310 e. The number of hydrogen-bond donors (Lipinski definition) is 0. The van der Waals surface area contributed by atoms with Crippen molar-refractivity contribution in [2.24, 2.45) is 0 Å². The quantitative estimate of drug-likeness (QED) is 0.127. The van der Waals surface area contributed by atoms with Crippen LogP contribution in [0.15, 0.2) is 334 Å². The topological polar surface area (TPSA) is 16.3 Å². The summed E-state index contributed by atoms with van der Waals surface area (Å²) in [5.74, 6) is 0. The van der Waals surface area contributed by atoms with Crippen LogP contribution in [0.4, 0.5) is 34.1 Å². The van der Waals surface area contributed by atoms with Gasteiger partial charge in [0.05, 0.1) is 33.4 Å². The molecule has 0 amide bonds. The fourth-order valence-electron chi connectivity index (χ4n) is 17.8. The van der Waals surface area contributed by atoms with Crippen molar-refractivity contribution < 1.29 is 0 Å². The first-order valence-electron chi connectivity index (χ1n) is 39.5. The Morgan fingerprint density at radius 2 is 0.523 bits per heavy atom. The lowest BCUT2D eigenvalue weighted by Gasteiger charge is -2.46. The Labute approximate surface area is 654 Å². The molecular weight excluding hydrogens is 1340 g/mol. The first kappa shape index (κ1) is 69.1. The minimum absolute atomic E-state index is 0.170. The second kappa shape index (κ2) is 26.1. The maximum absolute atomic E-state index is 2.75. The zero-order valence-electron chi connectivity index (χ0n) is 65.6. The Bertz CT molecular complexity index is 6330. The summed E-state index contributed by atoms with van der Waals surface area (Å²) in [6, 6.07) is 128. The zero-order chi connectivity index (χ0) is 76.0. The van der Waals surface area contributed by atoms with Gasteiger partial charge < -0.3 is 18.9 Å². The van der Waals surface area contributed by atoms with E-state index in [9.17, 15) is 0 Å². The zero-order valence-corrected chi connectivity index (χ0v) is 65.6. The van der Waals surface area contributed by atoms with Gasteiger partial charge in [-0.1, -0.05) is 326 Å². The molecule has 538 valence electrons. The molecule has 2 aliphatic heterocycles. The Balaban J connectivity index is 0.994. The van der Waals surface area contributed by atoms with Crippen LogP contribution in [0.1, 0.15) is 105 Å². The number of rotatable bonds is 10. The van der Waals surface area contributed by atoms with Crippen molar-refractivity contribution >= 4 is 101 Å². The summed E-state index contributed by atoms with van der Waals surface area (Å²) in [6.45, 7) is 28.1. The molecule has 0 saturated carbocycles. The summed E-state index contributed by atoms with van der Waals surface area (Å²) in [5.41, 5.74) is 35.6. The highest BCUT2D eigenvalue weighted by Gasteiger charge is 2.46. The van der Waals surface area contributed by atoms with Gasteiger partial charge in [0.1, 0.15) is 0 Å². The summed E-state index contributed by atoms with van der Waals surface area (Å²) < 4.78 is 4.99. The number of nitrogens with zero attached hydrogens (tertiary/aromatic N) is 4. The van der Waals surface area contributed by atoms with Crippen molar-refractivity contribution in [2.45, 2.75) is 105 Å². The molecular formula is C106H91BN4. The van der Waals surface area contributed by atoms with E-state index in [4.69, 9.17) is 0 Å². The number of para-hydroxylation sites is 3. The number of hydrogen-bond acceptors (Lipinski definition) is 2. The van der Waals surface area contributed by atoms with Gasteiger partial charge in [0.25, 0.3) is 6.71 Å². The second-order valence-electron chi connectivity index (χ2n) is 34.9. The van der Waals surface area contributed by atoms with Gasteiger partial charge in [-0.15, -0.1) is 0 Å². The minimum atomic E-state index is -0.262. The van der Waals surface area contributed by atoms with Crippen LogP contribution in [0.2, 0.25) is 0 Å². The van der Waals surface area contributed by atoms with Crippen LogP contribution in [0.5, 0.6) is 0 Å². The fraction of sp³-hybridized carbons (Fsp3) is 0.151. The molecule has 0 unspecified atom stereocenters. The van der Waals surface area contributed by atoms with Crippen LogP contribution in [-0.4, -0.2) is 15.8 Å². The molecule has 15 aromatic carbocycles. The smallest absolute Gasteiger partial charge is 0.252 e. The first-order valence-corrected chi connectivity index (χ1v) is 39.5. The lowest BCUT2D eigenvalue weighted by atomic mass is 9.33. The van der Waals surface area contributed by atoms with Crippen LogP contribution in [0.25, 0.3) is 122 Å². The molecule has 4 nitrogen and oxygen atoms in total. The van der Waals surface area contributed by atoms with Crippen molar-refractivity contribution in [3.8, 4) is 78.1 Å². The number of anilines is 6. The molecule has 5 heteroatoms. The van der Waals surface area contributed by atoms with Gasteiger partial charge in [0.15, 0.2) is 0 Å². The Morgan fingerprint density at radius 1 is 0.216 bits per heavy atom. The van der Waals surface area contributed by atoms with Crippen LogP contribution >= 0.6 is 0 Å². The lowest BCUT2D eigenvalue weighted by molar-refractivity contribution is 0.569. The third-order valence-electron chi connectivity index (χ3n) is 23.7. The second-order valence-corrected chi connectivity index (χ2v) is 34.9. The van der Waals surface area contributed by atoms with E-state index < -0.39 is 0 Å². The molecule has 2 aromatic heterocycles. The highest BCUT2D eigenvalue weighted by Crippen LogP contribution is 2.56. The van der Waals surface area contributed by atoms with Gasteiger partial charge in [-0.05, 0) is 196 Å². The molecule has 0 spiro atoms. The molecule has 19 rings (SSSR count). The summed E-state index contributed by atoms with van der Waals surface area (Å²) in [7, 11) is 0. The van der Waals surface area contributed by atoms with Crippen LogP contribution in [0, 0.1) is 0 Å². The van der Waals surface area contributed by atoms with E-state index in [-0.39, 0.29) is 28.4 Å². The monoisotopic (exact) mass is 1430 g/mol. The third kappa shape index (κ3) is 11.7. The predicted octanol–water partition coefficient (Wildman–Crippen LogP) is 27.2. The van der Waals surface area contributed by atoms with E-state index in [1.165, 1.54) is 87.9 Å². The summed E-state index contributed by atoms with van der Waals surface area (Å²) >= 11 is 0. The normalized spacial score (nSPS) is 13.0. The average Bonchev–Trinajstić information content (AvgIpc) is 1.34. The maximum Gasteiger partial charge on any atom is 0.252 e. The Hall–Kier alpha value is -12.4. The largest absolute Gasteiger partial charge is 0.310 e. The lowest BCUT2D eigenvalue weighted by Crippen LogP contribution is -2.61. The first-order chi connectivity index (χ1) is 53.6. The van der Waals surface area contributed by atoms with Crippen molar-refractivity contribution in [3.63, 3.8) is 0 Å². The molecule has 17 aromatic rings. The summed E-state index contributed by atoms with van der Waals surface area (Å²) in [5, 5.41) is 4.88. The molecule has 0 atom stereocenters. The SMILES string of the molecule is CC(C)(C)c1cc(-c2cc3c4c(c2)N(c2c(-c5ccccc5)cc(C(C)(C)C)cc2-c2ccccc2)c2cc(-n5c6ccccc6c6cc(-n7c8ccccc8c8ccccc87)ccc65)ccc2B4c2ccc(-c4ccccc4)cc2N3c2c(-c3ccccc3)cc(C(C)(C)C)cc2-c2ccccc2)cc(C(C)(C)C)c1. The molecule has 111 heavy (non-hydrogen) atoms. The number of fused-ring (bicyclic) bond motifs is 10. The molecule has 0 N–H and O–H groups in total. The van der Waals surface area contributed by atoms with Gasteiger partial charge in [-0.3, -0.25) is 0 Å². The number of benzene rings is 15. The van der Waals surface area contributed by atoms with Gasteiger partial charge in [0.2, 0.25) is 0 Å². The van der Waals surface area contributed by atoms with Crippen molar-refractivity contribution in [1.29, 1.82) is 0 Å².